The van der Waals surface area contributed by atoms with Crippen molar-refractivity contribution in [1.82, 2.24) is 9.97 Å². The van der Waals surface area contributed by atoms with Gasteiger partial charge in [-0.3, -0.25) is 9.97 Å². The van der Waals surface area contributed by atoms with E-state index in [1.165, 1.54) is 0 Å². The van der Waals surface area contributed by atoms with Gasteiger partial charge >= 0.3 is 0 Å². The van der Waals surface area contributed by atoms with E-state index in [4.69, 9.17) is 9.84 Å². The second-order valence-electron chi connectivity index (χ2n) is 4.47. The molecule has 0 bridgehead atoms. The van der Waals surface area contributed by atoms with Gasteiger partial charge in [0.2, 0.25) is 0 Å². The lowest BCUT2D eigenvalue weighted by molar-refractivity contribution is 0.281. The van der Waals surface area contributed by atoms with Crippen molar-refractivity contribution in [3.63, 3.8) is 0 Å². The van der Waals surface area contributed by atoms with E-state index in [2.05, 4.69) is 9.97 Å². The Bertz CT molecular complexity index is 711. The first kappa shape index (κ1) is 12.6. The number of aromatic nitrogens is 2. The van der Waals surface area contributed by atoms with Crippen LogP contribution in [0.15, 0.2) is 54.9 Å². The lowest BCUT2D eigenvalue weighted by atomic mass is 10.1. The van der Waals surface area contributed by atoms with Crippen LogP contribution in [0.2, 0.25) is 0 Å². The lowest BCUT2D eigenvalue weighted by Gasteiger charge is -2.07. The zero-order valence-electron chi connectivity index (χ0n) is 10.9. The summed E-state index contributed by atoms with van der Waals surface area (Å²) in [5.74, 6) is 0.768. The largest absolute Gasteiger partial charge is 0.489 e. The molecule has 0 fully saturated rings. The van der Waals surface area contributed by atoms with Gasteiger partial charge in [-0.25, -0.2) is 0 Å². The summed E-state index contributed by atoms with van der Waals surface area (Å²) in [4.78, 5) is 8.47. The minimum Gasteiger partial charge on any atom is -0.489 e. The monoisotopic (exact) mass is 266 g/mol. The average molecular weight is 266 g/mol. The van der Waals surface area contributed by atoms with Crippen molar-refractivity contribution in [3.05, 3.63) is 66.0 Å². The van der Waals surface area contributed by atoms with Crippen LogP contribution < -0.4 is 4.74 Å². The van der Waals surface area contributed by atoms with E-state index in [1.54, 1.807) is 12.4 Å². The number of aliphatic hydroxyl groups excluding tert-OH is 1. The molecule has 100 valence electrons. The second-order valence-corrected chi connectivity index (χ2v) is 4.47. The molecule has 2 aromatic carbocycles. The van der Waals surface area contributed by atoms with Gasteiger partial charge < -0.3 is 9.84 Å². The Hall–Kier alpha value is -2.46. The molecule has 20 heavy (non-hydrogen) atoms. The van der Waals surface area contributed by atoms with Gasteiger partial charge in [0, 0.05) is 18.5 Å². The van der Waals surface area contributed by atoms with E-state index in [-0.39, 0.29) is 6.61 Å². The molecule has 0 unspecified atom stereocenters. The van der Waals surface area contributed by atoms with E-state index < -0.39 is 0 Å². The normalized spacial score (nSPS) is 10.7. The van der Waals surface area contributed by atoms with Crippen LogP contribution >= 0.6 is 0 Å². The van der Waals surface area contributed by atoms with E-state index >= 15 is 0 Å². The fourth-order valence-corrected chi connectivity index (χ4v) is 1.94. The van der Waals surface area contributed by atoms with Crippen LogP contribution in [-0.4, -0.2) is 15.1 Å². The molecule has 4 nitrogen and oxygen atoms in total. The third kappa shape index (κ3) is 2.75. The maximum Gasteiger partial charge on any atom is 0.122 e. The van der Waals surface area contributed by atoms with Gasteiger partial charge in [0.1, 0.15) is 12.4 Å². The zero-order valence-corrected chi connectivity index (χ0v) is 10.9. The molecule has 1 N–H and O–H groups in total. The first-order valence-corrected chi connectivity index (χ1v) is 6.37. The Balaban J connectivity index is 1.72. The highest BCUT2D eigenvalue weighted by atomic mass is 16.5. The highest BCUT2D eigenvalue weighted by Gasteiger charge is 2.00. The SMILES string of the molecule is OCc1ccc(COc2ccc3nccnc3c2)cc1. The number of benzene rings is 2. The predicted molar refractivity (Wildman–Crippen MR) is 76.2 cm³/mol. The van der Waals surface area contributed by atoms with Crippen molar-refractivity contribution in [2.75, 3.05) is 0 Å². The summed E-state index contributed by atoms with van der Waals surface area (Å²) in [6.07, 6.45) is 3.34. The molecule has 0 aliphatic heterocycles. The average Bonchev–Trinajstić information content (AvgIpc) is 2.53. The van der Waals surface area contributed by atoms with Gasteiger partial charge in [0.05, 0.1) is 17.6 Å². The van der Waals surface area contributed by atoms with Gasteiger partial charge in [-0.05, 0) is 23.3 Å². The van der Waals surface area contributed by atoms with Gasteiger partial charge in [-0.2, -0.15) is 0 Å². The summed E-state index contributed by atoms with van der Waals surface area (Å²) in [5, 5.41) is 8.99. The fraction of sp³-hybridized carbons (Fsp3) is 0.125. The Kier molecular flexibility index (Phi) is 3.56. The van der Waals surface area contributed by atoms with Crippen LogP contribution in [0, 0.1) is 0 Å². The van der Waals surface area contributed by atoms with Gasteiger partial charge in [0.25, 0.3) is 0 Å². The summed E-state index contributed by atoms with van der Waals surface area (Å²) >= 11 is 0. The van der Waals surface area contributed by atoms with Gasteiger partial charge in [-0.1, -0.05) is 24.3 Å². The van der Waals surface area contributed by atoms with Crippen molar-refractivity contribution >= 4 is 11.0 Å². The molecule has 0 atom stereocenters. The molecule has 1 heterocycles. The molecule has 0 spiro atoms. The number of nitrogens with zero attached hydrogens (tertiary/aromatic N) is 2. The van der Waals surface area contributed by atoms with Crippen LogP contribution in [0.3, 0.4) is 0 Å². The van der Waals surface area contributed by atoms with E-state index in [9.17, 15) is 0 Å². The number of hydrogen-bond acceptors (Lipinski definition) is 4. The number of rotatable bonds is 4. The topological polar surface area (TPSA) is 55.2 Å². The number of fused-ring (bicyclic) bond motifs is 1. The van der Waals surface area contributed by atoms with Crippen molar-refractivity contribution in [2.45, 2.75) is 13.2 Å². The highest BCUT2D eigenvalue weighted by molar-refractivity contribution is 5.75. The molecule has 4 heteroatoms. The minimum atomic E-state index is 0.0600. The number of ether oxygens (including phenoxy) is 1. The summed E-state index contributed by atoms with van der Waals surface area (Å²) in [5.41, 5.74) is 3.63. The maximum atomic E-state index is 8.99. The molecule has 0 aliphatic rings. The van der Waals surface area contributed by atoms with Crippen LogP contribution in [0.1, 0.15) is 11.1 Å². The van der Waals surface area contributed by atoms with Crippen molar-refractivity contribution in [3.8, 4) is 5.75 Å². The summed E-state index contributed by atoms with van der Waals surface area (Å²) in [6, 6.07) is 13.4. The molecule has 0 saturated heterocycles. The van der Waals surface area contributed by atoms with Crippen LogP contribution in [0.4, 0.5) is 0 Å². The highest BCUT2D eigenvalue weighted by Crippen LogP contribution is 2.18. The molecule has 0 radical (unpaired) electrons. The molecule has 1 aromatic heterocycles. The van der Waals surface area contributed by atoms with Gasteiger partial charge in [-0.15, -0.1) is 0 Å². The second kappa shape index (κ2) is 5.67. The Labute approximate surface area is 116 Å². The molecule has 0 aliphatic carbocycles. The van der Waals surface area contributed by atoms with Crippen LogP contribution in [0.5, 0.6) is 5.75 Å². The lowest BCUT2D eigenvalue weighted by Crippen LogP contribution is -1.96. The standard InChI is InChI=1S/C16H14N2O2/c19-10-12-1-3-13(4-2-12)11-20-14-5-6-15-16(9-14)18-8-7-17-15/h1-9,19H,10-11H2. The zero-order chi connectivity index (χ0) is 13.8. The summed E-state index contributed by atoms with van der Waals surface area (Å²) < 4.78 is 5.74. The smallest absolute Gasteiger partial charge is 0.122 e. The summed E-state index contributed by atoms with van der Waals surface area (Å²) in [7, 11) is 0. The molecule has 3 aromatic rings. The van der Waals surface area contributed by atoms with E-state index in [0.717, 1.165) is 27.9 Å². The van der Waals surface area contributed by atoms with Crippen molar-refractivity contribution < 1.29 is 9.84 Å². The molecular formula is C16H14N2O2. The quantitative estimate of drug-likeness (QED) is 0.788. The van der Waals surface area contributed by atoms with E-state index in [0.29, 0.717) is 6.61 Å². The molecule has 3 rings (SSSR count). The third-order valence-corrected chi connectivity index (χ3v) is 3.05. The first-order valence-electron chi connectivity index (χ1n) is 6.37. The van der Waals surface area contributed by atoms with E-state index in [1.807, 2.05) is 42.5 Å². The van der Waals surface area contributed by atoms with Crippen LogP contribution in [0.25, 0.3) is 11.0 Å². The molecule has 0 saturated carbocycles. The van der Waals surface area contributed by atoms with Gasteiger partial charge in [0.15, 0.2) is 0 Å². The number of aliphatic hydroxyl groups is 1. The fourth-order valence-electron chi connectivity index (χ4n) is 1.94. The molecule has 0 amide bonds. The first-order chi connectivity index (χ1) is 9.85. The van der Waals surface area contributed by atoms with Crippen molar-refractivity contribution in [1.29, 1.82) is 0 Å². The van der Waals surface area contributed by atoms with Crippen molar-refractivity contribution in [2.24, 2.45) is 0 Å². The maximum absolute atomic E-state index is 8.99. The Morgan fingerprint density at radius 3 is 2.30 bits per heavy atom. The number of hydrogen-bond donors (Lipinski definition) is 1. The Morgan fingerprint density at radius 2 is 1.55 bits per heavy atom. The molecular weight excluding hydrogens is 252 g/mol. The minimum absolute atomic E-state index is 0.0600. The predicted octanol–water partition coefficient (Wildman–Crippen LogP) is 2.70. The third-order valence-electron chi connectivity index (χ3n) is 3.05. The Morgan fingerprint density at radius 1 is 0.850 bits per heavy atom. The van der Waals surface area contributed by atoms with Crippen LogP contribution in [-0.2, 0) is 13.2 Å². The summed E-state index contributed by atoms with van der Waals surface area (Å²) in [6.45, 7) is 0.544.